The summed E-state index contributed by atoms with van der Waals surface area (Å²) in [4.78, 5) is 3.51. The smallest absolute Gasteiger partial charge is 0.417 e. The molecule has 0 amide bonds. The zero-order valence-electron chi connectivity index (χ0n) is 8.25. The Labute approximate surface area is 89.8 Å². The lowest BCUT2D eigenvalue weighted by molar-refractivity contribution is -0.137. The summed E-state index contributed by atoms with van der Waals surface area (Å²) in [6.45, 7) is 0. The highest BCUT2D eigenvalue weighted by molar-refractivity contribution is 5.57. The van der Waals surface area contributed by atoms with Crippen molar-refractivity contribution in [3.8, 4) is 11.9 Å². The zero-order chi connectivity index (χ0) is 12.2. The van der Waals surface area contributed by atoms with Crippen LogP contribution in [0.5, 0.6) is 5.88 Å². The van der Waals surface area contributed by atoms with E-state index < -0.39 is 11.7 Å². The standard InChI is InChI=1S/C10H7F3N2O/c1-16-9-7(3-2-4-14)5-8(6-15-9)10(11,12)13/h2-3,5-6H,1H3. The van der Waals surface area contributed by atoms with E-state index in [4.69, 9.17) is 10.00 Å². The fourth-order valence-electron chi connectivity index (χ4n) is 1.04. The Kier molecular flexibility index (Phi) is 3.51. The summed E-state index contributed by atoms with van der Waals surface area (Å²) in [7, 11) is 1.29. The normalized spacial score (nSPS) is 11.4. The van der Waals surface area contributed by atoms with Gasteiger partial charge in [-0.25, -0.2) is 4.98 Å². The van der Waals surface area contributed by atoms with Gasteiger partial charge in [0, 0.05) is 17.8 Å². The first kappa shape index (κ1) is 12.0. The van der Waals surface area contributed by atoms with Crippen LogP contribution < -0.4 is 4.74 Å². The number of rotatable bonds is 2. The average molecular weight is 228 g/mol. The van der Waals surface area contributed by atoms with E-state index in [1.54, 1.807) is 6.07 Å². The van der Waals surface area contributed by atoms with Gasteiger partial charge in [0.25, 0.3) is 0 Å². The zero-order valence-corrected chi connectivity index (χ0v) is 8.25. The number of halogens is 3. The second-order valence-corrected chi connectivity index (χ2v) is 2.78. The molecule has 0 bridgehead atoms. The number of hydrogen-bond donors (Lipinski definition) is 0. The molecular formula is C10H7F3N2O. The minimum absolute atomic E-state index is 0.0412. The Bertz CT molecular complexity index is 446. The van der Waals surface area contributed by atoms with Gasteiger partial charge >= 0.3 is 6.18 Å². The van der Waals surface area contributed by atoms with Gasteiger partial charge in [-0.15, -0.1) is 0 Å². The molecule has 1 heterocycles. The van der Waals surface area contributed by atoms with Crippen LogP contribution in [0.4, 0.5) is 13.2 Å². The molecule has 0 aliphatic heterocycles. The number of pyridine rings is 1. The maximum absolute atomic E-state index is 12.4. The summed E-state index contributed by atoms with van der Waals surface area (Å²) >= 11 is 0. The van der Waals surface area contributed by atoms with E-state index in [9.17, 15) is 13.2 Å². The minimum Gasteiger partial charge on any atom is -0.481 e. The van der Waals surface area contributed by atoms with Crippen LogP contribution in [0, 0.1) is 11.3 Å². The molecule has 84 valence electrons. The van der Waals surface area contributed by atoms with Crippen LogP contribution in [0.2, 0.25) is 0 Å². The number of methoxy groups -OCH3 is 1. The molecule has 0 aromatic carbocycles. The molecule has 1 aromatic heterocycles. The maximum atomic E-state index is 12.4. The van der Waals surface area contributed by atoms with E-state index in [-0.39, 0.29) is 11.4 Å². The van der Waals surface area contributed by atoms with Gasteiger partial charge in [-0.05, 0) is 12.1 Å². The second-order valence-electron chi connectivity index (χ2n) is 2.78. The average Bonchev–Trinajstić information content (AvgIpc) is 2.24. The summed E-state index contributed by atoms with van der Waals surface area (Å²) in [5, 5.41) is 8.30. The SMILES string of the molecule is COc1ncc(C(F)(F)F)cc1C=CC#N. The summed E-state index contributed by atoms with van der Waals surface area (Å²) in [6, 6.07) is 2.56. The molecular weight excluding hydrogens is 221 g/mol. The molecule has 0 aliphatic carbocycles. The molecule has 6 heteroatoms. The quantitative estimate of drug-likeness (QED) is 0.731. The molecule has 0 fully saturated rings. The van der Waals surface area contributed by atoms with Crippen molar-refractivity contribution < 1.29 is 17.9 Å². The van der Waals surface area contributed by atoms with Gasteiger partial charge in [-0.3, -0.25) is 0 Å². The fourth-order valence-corrected chi connectivity index (χ4v) is 1.04. The Morgan fingerprint density at radius 3 is 2.69 bits per heavy atom. The van der Waals surface area contributed by atoms with Crippen molar-refractivity contribution in [2.45, 2.75) is 6.18 Å². The summed E-state index contributed by atoms with van der Waals surface area (Å²) in [6.07, 6.45) is -1.52. The number of ether oxygens (including phenoxy) is 1. The molecule has 1 rings (SSSR count). The van der Waals surface area contributed by atoms with Crippen LogP contribution in [0.15, 0.2) is 18.3 Å². The molecule has 0 saturated heterocycles. The molecule has 0 N–H and O–H groups in total. The molecule has 16 heavy (non-hydrogen) atoms. The maximum Gasteiger partial charge on any atom is 0.417 e. The predicted molar refractivity (Wildman–Crippen MR) is 50.4 cm³/mol. The van der Waals surface area contributed by atoms with Crippen LogP contribution in [0.1, 0.15) is 11.1 Å². The molecule has 0 atom stereocenters. The van der Waals surface area contributed by atoms with Crippen LogP contribution in [-0.2, 0) is 6.18 Å². The number of alkyl halides is 3. The van der Waals surface area contributed by atoms with Gasteiger partial charge in [0.05, 0.1) is 18.7 Å². The highest BCUT2D eigenvalue weighted by atomic mass is 19.4. The predicted octanol–water partition coefficient (Wildman–Crippen LogP) is 2.65. The van der Waals surface area contributed by atoms with Crippen molar-refractivity contribution in [3.63, 3.8) is 0 Å². The van der Waals surface area contributed by atoms with E-state index in [0.29, 0.717) is 6.20 Å². The first-order valence-electron chi connectivity index (χ1n) is 4.16. The van der Waals surface area contributed by atoms with Crippen LogP contribution in [0.25, 0.3) is 6.08 Å². The van der Waals surface area contributed by atoms with Gasteiger partial charge in [-0.1, -0.05) is 0 Å². The number of aromatic nitrogens is 1. The third-order valence-electron chi connectivity index (χ3n) is 1.74. The van der Waals surface area contributed by atoms with Gasteiger partial charge in [-0.2, -0.15) is 18.4 Å². The molecule has 3 nitrogen and oxygen atoms in total. The van der Waals surface area contributed by atoms with E-state index in [1.165, 1.54) is 13.2 Å². The van der Waals surface area contributed by atoms with E-state index in [0.717, 1.165) is 12.1 Å². The Morgan fingerprint density at radius 2 is 2.19 bits per heavy atom. The number of hydrogen-bond acceptors (Lipinski definition) is 3. The molecule has 0 saturated carbocycles. The van der Waals surface area contributed by atoms with Crippen molar-refractivity contribution in [2.75, 3.05) is 7.11 Å². The van der Waals surface area contributed by atoms with Crippen molar-refractivity contribution in [1.29, 1.82) is 5.26 Å². The monoisotopic (exact) mass is 228 g/mol. The lowest BCUT2D eigenvalue weighted by Gasteiger charge is -2.09. The Hall–Kier alpha value is -2.03. The van der Waals surface area contributed by atoms with Gasteiger partial charge in [0.1, 0.15) is 0 Å². The van der Waals surface area contributed by atoms with Gasteiger partial charge in [0.2, 0.25) is 5.88 Å². The topological polar surface area (TPSA) is 45.9 Å². The fraction of sp³-hybridized carbons (Fsp3) is 0.200. The number of allylic oxidation sites excluding steroid dienone is 1. The van der Waals surface area contributed by atoms with Crippen molar-refractivity contribution in [3.05, 3.63) is 29.5 Å². The Morgan fingerprint density at radius 1 is 1.50 bits per heavy atom. The number of nitriles is 1. The molecule has 0 radical (unpaired) electrons. The summed E-state index contributed by atoms with van der Waals surface area (Å²) < 4.78 is 41.8. The minimum atomic E-state index is -4.46. The van der Waals surface area contributed by atoms with Crippen molar-refractivity contribution in [1.82, 2.24) is 4.98 Å². The lowest BCUT2D eigenvalue weighted by Crippen LogP contribution is -2.06. The summed E-state index contributed by atoms with van der Waals surface area (Å²) in [5.41, 5.74) is -0.773. The van der Waals surface area contributed by atoms with Crippen LogP contribution in [0.3, 0.4) is 0 Å². The van der Waals surface area contributed by atoms with E-state index in [2.05, 4.69) is 4.98 Å². The van der Waals surface area contributed by atoms with Gasteiger partial charge in [0.15, 0.2) is 0 Å². The second kappa shape index (κ2) is 4.66. The third kappa shape index (κ3) is 2.73. The summed E-state index contributed by atoms with van der Waals surface area (Å²) in [5.74, 6) is 0.0412. The molecule has 0 unspecified atom stereocenters. The molecule has 1 aromatic rings. The first-order chi connectivity index (χ1) is 7.49. The first-order valence-corrected chi connectivity index (χ1v) is 4.16. The van der Waals surface area contributed by atoms with E-state index in [1.807, 2.05) is 0 Å². The Balaban J connectivity index is 3.23. The van der Waals surface area contributed by atoms with Crippen LogP contribution in [-0.4, -0.2) is 12.1 Å². The van der Waals surface area contributed by atoms with Gasteiger partial charge < -0.3 is 4.74 Å². The molecule has 0 spiro atoms. The van der Waals surface area contributed by atoms with Crippen molar-refractivity contribution in [2.24, 2.45) is 0 Å². The van der Waals surface area contributed by atoms with E-state index >= 15 is 0 Å². The van der Waals surface area contributed by atoms with Crippen molar-refractivity contribution >= 4 is 6.08 Å². The highest BCUT2D eigenvalue weighted by Crippen LogP contribution is 2.31. The number of nitrogens with zero attached hydrogens (tertiary/aromatic N) is 2. The third-order valence-corrected chi connectivity index (χ3v) is 1.74. The molecule has 0 aliphatic rings. The largest absolute Gasteiger partial charge is 0.481 e. The lowest BCUT2D eigenvalue weighted by atomic mass is 10.2. The highest BCUT2D eigenvalue weighted by Gasteiger charge is 2.31. The van der Waals surface area contributed by atoms with Crippen LogP contribution >= 0.6 is 0 Å².